The van der Waals surface area contributed by atoms with Gasteiger partial charge in [0.15, 0.2) is 29.5 Å². The number of nitrogens with two attached hydrogens (primary N) is 1. The van der Waals surface area contributed by atoms with Crippen molar-refractivity contribution in [2.75, 3.05) is 12.8 Å². The third-order valence-electron chi connectivity index (χ3n) is 6.36. The van der Waals surface area contributed by atoms with Gasteiger partial charge in [0.25, 0.3) is 5.60 Å². The van der Waals surface area contributed by atoms with Crippen molar-refractivity contribution in [2.45, 2.75) is 42.2 Å². The third-order valence-corrected chi connectivity index (χ3v) is 6.53. The molecule has 2 fully saturated rings. The SMILES string of the molecule is COc1cccc(CC(OC2[C@H]3O[C@@H](n4cnc5c(N)nc(Cl)nc54)[C@@H](F)[C@@]23O)(C(=O)O)C(=O)O)c1. The molecule has 15 heteroatoms. The number of rotatable bonds is 8. The Morgan fingerprint density at radius 3 is 2.67 bits per heavy atom. The number of fused-ring (bicyclic) bond motifs is 2. The fourth-order valence-electron chi connectivity index (χ4n) is 4.40. The van der Waals surface area contributed by atoms with Gasteiger partial charge in [-0.3, -0.25) is 4.57 Å². The van der Waals surface area contributed by atoms with Crippen LogP contribution in [0.4, 0.5) is 10.2 Å². The number of nitrogen functional groups attached to an aromatic ring is 1. The molecular weight excluding hydrogens is 505 g/mol. The van der Waals surface area contributed by atoms with Crippen molar-refractivity contribution in [3.05, 3.63) is 41.4 Å². The molecule has 1 saturated carbocycles. The summed E-state index contributed by atoms with van der Waals surface area (Å²) in [4.78, 5) is 36.0. The molecule has 2 aliphatic rings. The minimum absolute atomic E-state index is 0.0472. The zero-order valence-electron chi connectivity index (χ0n) is 18.4. The average Bonchev–Trinajstić information content (AvgIpc) is 3.08. The molecule has 5 N–H and O–H groups in total. The Hall–Kier alpha value is -3.59. The minimum atomic E-state index is -2.84. The molecule has 1 aliphatic heterocycles. The van der Waals surface area contributed by atoms with Gasteiger partial charge in [-0.25, -0.2) is 19.0 Å². The molecule has 0 bridgehead atoms. The van der Waals surface area contributed by atoms with Crippen molar-refractivity contribution in [3.8, 4) is 5.75 Å². The first kappa shape index (κ1) is 24.1. The second-order valence-corrected chi connectivity index (χ2v) is 8.78. The molecule has 0 radical (unpaired) electrons. The fraction of sp³-hybridized carbons (Fsp3) is 0.381. The molecule has 5 rings (SSSR count). The smallest absolute Gasteiger partial charge is 0.348 e. The van der Waals surface area contributed by atoms with Crippen LogP contribution in [0.15, 0.2) is 30.6 Å². The summed E-state index contributed by atoms with van der Waals surface area (Å²) in [6.07, 6.45) is -6.02. The lowest BCUT2D eigenvalue weighted by Gasteiger charge is -2.29. The van der Waals surface area contributed by atoms with E-state index >= 15 is 4.39 Å². The van der Waals surface area contributed by atoms with Crippen LogP contribution in [0.2, 0.25) is 5.28 Å². The van der Waals surface area contributed by atoms with Crippen LogP contribution in [0.25, 0.3) is 11.2 Å². The van der Waals surface area contributed by atoms with Gasteiger partial charge in [0.2, 0.25) is 5.28 Å². The summed E-state index contributed by atoms with van der Waals surface area (Å²) in [6.45, 7) is 0. The number of imidazole rings is 1. The van der Waals surface area contributed by atoms with Gasteiger partial charge >= 0.3 is 11.9 Å². The Balaban J connectivity index is 1.42. The average molecular weight is 524 g/mol. The third kappa shape index (κ3) is 3.44. The van der Waals surface area contributed by atoms with E-state index in [0.717, 1.165) is 4.57 Å². The number of hydrogen-bond acceptors (Lipinski definition) is 10. The Morgan fingerprint density at radius 2 is 2.06 bits per heavy atom. The molecule has 13 nitrogen and oxygen atoms in total. The van der Waals surface area contributed by atoms with Crippen LogP contribution in [0.5, 0.6) is 5.75 Å². The maximum Gasteiger partial charge on any atom is 0.348 e. The van der Waals surface area contributed by atoms with Crippen LogP contribution in [0.1, 0.15) is 11.8 Å². The summed E-state index contributed by atoms with van der Waals surface area (Å²) in [6, 6.07) is 6.07. The van der Waals surface area contributed by atoms with E-state index in [1.807, 2.05) is 0 Å². The summed E-state index contributed by atoms with van der Waals surface area (Å²) >= 11 is 5.83. The number of anilines is 1. The van der Waals surface area contributed by atoms with E-state index in [4.69, 9.17) is 31.5 Å². The molecule has 2 aromatic heterocycles. The number of nitrogens with zero attached hydrogens (tertiary/aromatic N) is 4. The number of halogens is 2. The zero-order valence-corrected chi connectivity index (χ0v) is 19.2. The minimum Gasteiger partial charge on any atom is -0.497 e. The number of carboxylic acid groups (broad SMARTS) is 2. The number of benzene rings is 1. The van der Waals surface area contributed by atoms with Crippen molar-refractivity contribution in [1.29, 1.82) is 0 Å². The van der Waals surface area contributed by atoms with Crippen LogP contribution in [-0.4, -0.2) is 83.5 Å². The number of aliphatic hydroxyl groups is 1. The van der Waals surface area contributed by atoms with Crippen molar-refractivity contribution in [1.82, 2.24) is 19.5 Å². The largest absolute Gasteiger partial charge is 0.497 e. The first-order valence-corrected chi connectivity index (χ1v) is 10.9. The predicted molar refractivity (Wildman–Crippen MR) is 118 cm³/mol. The number of carboxylic acids is 2. The van der Waals surface area contributed by atoms with E-state index in [-0.39, 0.29) is 27.8 Å². The van der Waals surface area contributed by atoms with Crippen molar-refractivity contribution in [3.63, 3.8) is 0 Å². The number of alkyl halides is 1. The van der Waals surface area contributed by atoms with Gasteiger partial charge in [-0.05, 0) is 29.3 Å². The Morgan fingerprint density at radius 1 is 1.33 bits per heavy atom. The van der Waals surface area contributed by atoms with Crippen LogP contribution in [-0.2, 0) is 25.5 Å². The number of aromatic nitrogens is 4. The molecule has 1 aliphatic carbocycles. The summed E-state index contributed by atoms with van der Waals surface area (Å²) in [7, 11) is 1.39. The molecule has 1 saturated heterocycles. The van der Waals surface area contributed by atoms with Crippen molar-refractivity contribution in [2.24, 2.45) is 0 Å². The molecule has 1 aromatic carbocycles. The van der Waals surface area contributed by atoms with Gasteiger partial charge in [0.1, 0.15) is 23.5 Å². The maximum absolute atomic E-state index is 15.5. The van der Waals surface area contributed by atoms with Gasteiger partial charge in [-0.15, -0.1) is 0 Å². The second-order valence-electron chi connectivity index (χ2n) is 8.44. The van der Waals surface area contributed by atoms with Gasteiger partial charge in [0, 0.05) is 6.42 Å². The van der Waals surface area contributed by atoms with Crippen LogP contribution in [0.3, 0.4) is 0 Å². The normalized spacial score (nSPS) is 27.1. The molecule has 3 heterocycles. The summed E-state index contributed by atoms with van der Waals surface area (Å²) in [5, 5.41) is 30.4. The lowest BCUT2D eigenvalue weighted by Crippen LogP contribution is -2.53. The number of aliphatic carboxylic acids is 2. The zero-order chi connectivity index (χ0) is 26.0. The Bertz CT molecular complexity index is 1370. The monoisotopic (exact) mass is 523 g/mol. The highest BCUT2D eigenvalue weighted by Crippen LogP contribution is 2.58. The Kier molecular flexibility index (Phi) is 5.51. The van der Waals surface area contributed by atoms with E-state index in [2.05, 4.69) is 15.0 Å². The van der Waals surface area contributed by atoms with Gasteiger partial charge < -0.3 is 35.3 Å². The number of hydrogen-bond donors (Lipinski definition) is 4. The quantitative estimate of drug-likeness (QED) is 0.237. The molecule has 3 aromatic rings. The van der Waals surface area contributed by atoms with Crippen LogP contribution in [0, 0.1) is 0 Å². The first-order chi connectivity index (χ1) is 17.0. The standard InChI is InChI=1S/C21H19ClFN5O8/c1-34-9-4-2-3-8(5-9)6-20(17(29)30,18(31)32)36-13-12-21(13,33)11(23)16(35-12)28-7-25-10-14(24)26-19(22)27-15(10)28/h2-5,7,11-13,16,33H,6H2,1H3,(H,29,30)(H,31,32)(H2,24,26,27)/t11-,12-,13?,16-,21+/m1/s1. The van der Waals surface area contributed by atoms with Gasteiger partial charge in [-0.2, -0.15) is 9.97 Å². The van der Waals surface area contributed by atoms with Crippen molar-refractivity contribution < 1.29 is 43.5 Å². The summed E-state index contributed by atoms with van der Waals surface area (Å²) < 4.78 is 32.8. The van der Waals surface area contributed by atoms with E-state index in [0.29, 0.717) is 5.75 Å². The Labute approximate surface area is 206 Å². The maximum atomic E-state index is 15.5. The summed E-state index contributed by atoms with van der Waals surface area (Å²) in [5.74, 6) is -3.35. The highest BCUT2D eigenvalue weighted by Gasteiger charge is 2.80. The number of ether oxygens (including phenoxy) is 3. The molecule has 0 spiro atoms. The molecular formula is C21H19ClFN5O8. The van der Waals surface area contributed by atoms with Gasteiger partial charge in [0.05, 0.1) is 13.4 Å². The summed E-state index contributed by atoms with van der Waals surface area (Å²) in [5.41, 5.74) is 1.04. The van der Waals surface area contributed by atoms with Crippen LogP contribution >= 0.6 is 11.6 Å². The second kappa shape index (κ2) is 8.23. The van der Waals surface area contributed by atoms with Crippen LogP contribution < -0.4 is 10.5 Å². The fourth-order valence-corrected chi connectivity index (χ4v) is 4.58. The first-order valence-electron chi connectivity index (χ1n) is 10.5. The topological polar surface area (TPSA) is 192 Å². The van der Waals surface area contributed by atoms with E-state index in [1.54, 1.807) is 12.1 Å². The molecule has 1 unspecified atom stereocenters. The molecule has 36 heavy (non-hydrogen) atoms. The number of carbonyl (C=O) groups is 2. The predicted octanol–water partition coefficient (Wildman–Crippen LogP) is 0.587. The lowest BCUT2D eigenvalue weighted by atomic mass is 9.94. The molecule has 0 amide bonds. The molecule has 190 valence electrons. The highest BCUT2D eigenvalue weighted by molar-refractivity contribution is 6.28. The molecule has 5 atom stereocenters. The highest BCUT2D eigenvalue weighted by atomic mass is 35.5. The number of methoxy groups -OCH3 is 1. The lowest BCUT2D eigenvalue weighted by molar-refractivity contribution is -0.194. The van der Waals surface area contributed by atoms with E-state index in [1.165, 1.54) is 25.6 Å². The van der Waals surface area contributed by atoms with Crippen molar-refractivity contribution >= 4 is 40.5 Å². The van der Waals surface area contributed by atoms with Gasteiger partial charge in [-0.1, -0.05) is 12.1 Å². The van der Waals surface area contributed by atoms with E-state index in [9.17, 15) is 24.9 Å². The van der Waals surface area contributed by atoms with E-state index < -0.39 is 54.2 Å².